The second kappa shape index (κ2) is 8.06. The van der Waals surface area contributed by atoms with E-state index in [1.807, 2.05) is 12.1 Å². The van der Waals surface area contributed by atoms with E-state index in [1.54, 1.807) is 26.4 Å². The molecule has 1 heterocycles. The van der Waals surface area contributed by atoms with Crippen LogP contribution in [0.2, 0.25) is 5.02 Å². The molecule has 0 fully saturated rings. The van der Waals surface area contributed by atoms with Crippen molar-refractivity contribution in [3.8, 4) is 11.5 Å². The largest absolute Gasteiger partial charge is 0.493 e. The second-order valence-corrected chi connectivity index (χ2v) is 8.81. The maximum atomic E-state index is 12.6. The summed E-state index contributed by atoms with van der Waals surface area (Å²) in [7, 11) is 1.67. The van der Waals surface area contributed by atoms with Crippen LogP contribution in [-0.4, -0.2) is 42.8 Å². The van der Waals surface area contributed by atoms with E-state index in [0.717, 1.165) is 24.1 Å². The number of hydrogen-bond acceptors (Lipinski definition) is 4. The van der Waals surface area contributed by atoms with Gasteiger partial charge >= 0.3 is 0 Å². The van der Waals surface area contributed by atoms with Crippen LogP contribution in [0.3, 0.4) is 0 Å². The molecular weight excluding hydrogens is 388 g/mol. The van der Waals surface area contributed by atoms with Crippen molar-refractivity contribution < 1.29 is 22.8 Å². The molecule has 1 aliphatic rings. The molecule has 0 aliphatic carbocycles. The van der Waals surface area contributed by atoms with Crippen LogP contribution in [0.1, 0.15) is 17.2 Å². The van der Waals surface area contributed by atoms with Crippen molar-refractivity contribution in [2.75, 3.05) is 34.4 Å². The Morgan fingerprint density at radius 2 is 1.78 bits per heavy atom. The van der Waals surface area contributed by atoms with Gasteiger partial charge in [0, 0.05) is 17.0 Å². The maximum Gasteiger partial charge on any atom is 0.240 e. The number of ether oxygens (including phenoxy) is 2. The Kier molecular flexibility index (Phi) is 5.95. The molecule has 2 N–H and O–H groups in total. The zero-order valence-corrected chi connectivity index (χ0v) is 17.2. The minimum Gasteiger partial charge on any atom is -0.493 e. The third kappa shape index (κ3) is 4.21. The molecule has 8 heteroatoms. The molecule has 27 heavy (non-hydrogen) atoms. The topological polar surface area (TPSA) is 69.1 Å². The van der Waals surface area contributed by atoms with Gasteiger partial charge < -0.3 is 14.4 Å². The van der Waals surface area contributed by atoms with E-state index in [-0.39, 0.29) is 10.9 Å². The molecular formula is C19H24ClN2O4S+. The van der Waals surface area contributed by atoms with Gasteiger partial charge in [0.2, 0.25) is 10.0 Å². The van der Waals surface area contributed by atoms with Gasteiger partial charge in [0.25, 0.3) is 0 Å². The molecule has 1 unspecified atom stereocenters. The SMILES string of the molecule is COc1cc2c(cc1OC)[C@@H](CNS(=O)(=O)c1ccc(Cl)cc1)[NH+](C)CC2. The van der Waals surface area contributed by atoms with E-state index in [2.05, 4.69) is 11.8 Å². The number of rotatable bonds is 6. The molecule has 2 atom stereocenters. The van der Waals surface area contributed by atoms with E-state index < -0.39 is 10.0 Å². The lowest BCUT2D eigenvalue weighted by Crippen LogP contribution is -3.11. The lowest BCUT2D eigenvalue weighted by Gasteiger charge is -2.32. The van der Waals surface area contributed by atoms with E-state index in [1.165, 1.54) is 17.0 Å². The normalized spacial score (nSPS) is 19.4. The van der Waals surface area contributed by atoms with E-state index >= 15 is 0 Å². The Morgan fingerprint density at radius 1 is 1.15 bits per heavy atom. The van der Waals surface area contributed by atoms with Crippen LogP contribution < -0.4 is 19.1 Å². The van der Waals surface area contributed by atoms with E-state index in [9.17, 15) is 8.42 Å². The highest BCUT2D eigenvalue weighted by Gasteiger charge is 2.31. The lowest BCUT2D eigenvalue weighted by molar-refractivity contribution is -0.913. The van der Waals surface area contributed by atoms with Gasteiger partial charge in [-0.1, -0.05) is 11.6 Å². The second-order valence-electron chi connectivity index (χ2n) is 6.61. The monoisotopic (exact) mass is 411 g/mol. The molecule has 146 valence electrons. The molecule has 0 aromatic heterocycles. The van der Waals surface area contributed by atoms with Crippen LogP contribution in [0.5, 0.6) is 11.5 Å². The first-order valence-electron chi connectivity index (χ1n) is 8.68. The van der Waals surface area contributed by atoms with Gasteiger partial charge in [0.05, 0.1) is 39.3 Å². The Hall–Kier alpha value is -1.80. The van der Waals surface area contributed by atoms with Crippen molar-refractivity contribution in [3.05, 3.63) is 52.5 Å². The van der Waals surface area contributed by atoms with E-state index in [4.69, 9.17) is 21.1 Å². The number of likely N-dealkylation sites (N-methyl/N-ethyl adjacent to an activating group) is 1. The average molecular weight is 412 g/mol. The molecule has 0 radical (unpaired) electrons. The predicted molar refractivity (Wildman–Crippen MR) is 104 cm³/mol. The molecule has 0 saturated carbocycles. The van der Waals surface area contributed by atoms with Gasteiger partial charge in [-0.25, -0.2) is 13.1 Å². The van der Waals surface area contributed by atoms with E-state index in [0.29, 0.717) is 23.1 Å². The van der Waals surface area contributed by atoms with Crippen molar-refractivity contribution in [1.29, 1.82) is 0 Å². The maximum absolute atomic E-state index is 12.6. The van der Waals surface area contributed by atoms with Crippen LogP contribution in [0, 0.1) is 0 Å². The van der Waals surface area contributed by atoms with Crippen LogP contribution >= 0.6 is 11.6 Å². The summed E-state index contributed by atoms with van der Waals surface area (Å²) in [5, 5.41) is 0.500. The fraction of sp³-hybridized carbons (Fsp3) is 0.368. The fourth-order valence-electron chi connectivity index (χ4n) is 3.42. The summed E-state index contributed by atoms with van der Waals surface area (Å²) in [5.41, 5.74) is 2.24. The first kappa shape index (κ1) is 19.9. The Morgan fingerprint density at radius 3 is 2.41 bits per heavy atom. The summed E-state index contributed by atoms with van der Waals surface area (Å²) in [5.74, 6) is 1.34. The molecule has 0 saturated heterocycles. The van der Waals surface area contributed by atoms with Gasteiger partial charge in [-0.3, -0.25) is 0 Å². The van der Waals surface area contributed by atoms with Crippen molar-refractivity contribution in [3.63, 3.8) is 0 Å². The molecule has 3 rings (SSSR count). The number of halogens is 1. The molecule has 1 aliphatic heterocycles. The number of sulfonamides is 1. The van der Waals surface area contributed by atoms with Gasteiger partial charge in [-0.15, -0.1) is 0 Å². The predicted octanol–water partition coefficient (Wildman–Crippen LogP) is 1.45. The number of fused-ring (bicyclic) bond motifs is 1. The third-order valence-electron chi connectivity index (χ3n) is 5.01. The van der Waals surface area contributed by atoms with Gasteiger partial charge in [0.15, 0.2) is 11.5 Å². The minimum atomic E-state index is -3.61. The highest BCUT2D eigenvalue weighted by Crippen LogP contribution is 2.34. The van der Waals surface area contributed by atoms with Crippen LogP contribution in [0.25, 0.3) is 0 Å². The number of quaternary nitrogens is 1. The summed E-state index contributed by atoms with van der Waals surface area (Å²) in [4.78, 5) is 1.45. The number of nitrogens with one attached hydrogen (secondary N) is 2. The molecule has 2 aromatic rings. The molecule has 0 spiro atoms. The van der Waals surface area contributed by atoms with Gasteiger partial charge in [-0.05, 0) is 42.0 Å². The number of benzene rings is 2. The Bertz CT molecular complexity index is 916. The molecule has 0 bridgehead atoms. The summed E-state index contributed by atoms with van der Waals surface area (Å²) >= 11 is 5.85. The molecule has 6 nitrogen and oxygen atoms in total. The third-order valence-corrected chi connectivity index (χ3v) is 6.70. The highest BCUT2D eigenvalue weighted by molar-refractivity contribution is 7.89. The standard InChI is InChI=1S/C19H23ClN2O4S/c1-22-9-8-13-10-18(25-2)19(26-3)11-16(13)17(22)12-21-27(23,24)15-6-4-14(20)5-7-15/h4-7,10-11,17,21H,8-9,12H2,1-3H3/p+1/t17-/m1/s1. The summed E-state index contributed by atoms with van der Waals surface area (Å²) in [6, 6.07) is 10.1. The number of methoxy groups -OCH3 is 2. The fourth-order valence-corrected chi connectivity index (χ4v) is 4.60. The lowest BCUT2D eigenvalue weighted by atomic mass is 9.92. The van der Waals surface area contributed by atoms with Crippen LogP contribution in [0.4, 0.5) is 0 Å². The van der Waals surface area contributed by atoms with Crippen molar-refractivity contribution in [2.24, 2.45) is 0 Å². The highest BCUT2D eigenvalue weighted by atomic mass is 35.5. The average Bonchev–Trinajstić information content (AvgIpc) is 2.66. The zero-order valence-electron chi connectivity index (χ0n) is 15.6. The smallest absolute Gasteiger partial charge is 0.240 e. The first-order valence-corrected chi connectivity index (χ1v) is 10.5. The Labute approximate surface area is 165 Å². The summed E-state index contributed by atoms with van der Waals surface area (Å²) in [6.07, 6.45) is 0.905. The molecule has 0 amide bonds. The van der Waals surface area contributed by atoms with Crippen LogP contribution in [0.15, 0.2) is 41.3 Å². The van der Waals surface area contributed by atoms with Crippen LogP contribution in [-0.2, 0) is 16.4 Å². The van der Waals surface area contributed by atoms with Crippen molar-refractivity contribution in [2.45, 2.75) is 17.4 Å². The number of hydrogen-bond donors (Lipinski definition) is 2. The van der Waals surface area contributed by atoms with Crippen molar-refractivity contribution in [1.82, 2.24) is 4.72 Å². The van der Waals surface area contributed by atoms with Gasteiger partial charge in [-0.2, -0.15) is 0 Å². The summed E-state index contributed by atoms with van der Waals surface area (Å²) in [6.45, 7) is 1.20. The van der Waals surface area contributed by atoms with Crippen molar-refractivity contribution >= 4 is 21.6 Å². The summed E-state index contributed by atoms with van der Waals surface area (Å²) < 4.78 is 38.8. The Balaban J connectivity index is 1.86. The minimum absolute atomic E-state index is 0.0179. The first-order chi connectivity index (χ1) is 12.9. The zero-order chi connectivity index (χ0) is 19.6. The van der Waals surface area contributed by atoms with Gasteiger partial charge in [0.1, 0.15) is 6.04 Å². The molecule has 2 aromatic carbocycles. The quantitative estimate of drug-likeness (QED) is 0.754.